The van der Waals surface area contributed by atoms with Gasteiger partial charge < -0.3 is 19.3 Å². The third kappa shape index (κ3) is 5.97. The van der Waals surface area contributed by atoms with Gasteiger partial charge in [0, 0.05) is 5.02 Å². The smallest absolute Gasteiger partial charge is 0.871 e. The Labute approximate surface area is 214 Å². The maximum atomic E-state index is 12.8. The van der Waals surface area contributed by atoms with E-state index >= 15 is 0 Å². The van der Waals surface area contributed by atoms with Gasteiger partial charge in [0.1, 0.15) is 20.2 Å². The molecule has 0 N–H and O–H groups in total. The Morgan fingerprint density at radius 1 is 0.839 bits per heavy atom. The second-order valence-electron chi connectivity index (χ2n) is 5.63. The molecule has 0 atom stereocenters. The summed E-state index contributed by atoms with van der Waals surface area (Å²) in [7, 11) is -10.4. The van der Waals surface area contributed by atoms with E-state index in [2.05, 4.69) is 10.2 Å². The summed E-state index contributed by atoms with van der Waals surface area (Å²) in [4.78, 5) is -2.01. The van der Waals surface area contributed by atoms with Crippen LogP contribution in [0.2, 0.25) is 5.02 Å². The van der Waals surface area contributed by atoms with Crippen LogP contribution in [0.25, 0.3) is 10.8 Å². The van der Waals surface area contributed by atoms with E-state index in [0.29, 0.717) is 6.07 Å². The van der Waals surface area contributed by atoms with Crippen molar-refractivity contribution >= 4 is 54.0 Å². The Hall–Kier alpha value is -1.24. The molecule has 0 fully saturated rings. The number of benzene rings is 3. The summed E-state index contributed by atoms with van der Waals surface area (Å²) < 4.78 is 69.2. The van der Waals surface area contributed by atoms with Gasteiger partial charge in [-0.1, -0.05) is 41.3 Å². The van der Waals surface area contributed by atoms with E-state index in [1.165, 1.54) is 6.07 Å². The fourth-order valence-electron chi connectivity index (χ4n) is 2.52. The monoisotopic (exact) mass is 529 g/mol. The van der Waals surface area contributed by atoms with Gasteiger partial charge in [0.2, 0.25) is 0 Å². The Morgan fingerprint density at radius 2 is 1.45 bits per heavy atom. The first kappa shape index (κ1) is 27.8. The first-order chi connectivity index (χ1) is 13.4. The largest absolute Gasteiger partial charge is 3.00 e. The molecule has 0 aliphatic rings. The first-order valence-corrected chi connectivity index (χ1v) is 10.7. The van der Waals surface area contributed by atoms with Gasteiger partial charge in [0.15, 0.2) is 0 Å². The van der Waals surface area contributed by atoms with E-state index in [0.717, 1.165) is 30.3 Å². The molecule has 1 radical (unpaired) electrons. The standard InChI is InChI=1S/C16H11ClN2O8S2.Cr.Na/c17-9-4-5-11(20)10(7-9)18-19-15-13(29(25,26)27)6-8-2-1-3-12(28(22,23)24)14(8)16(15)21;;/h1-7,20-21H,(H,22,23,24)(H,25,26,27);;/q;+3;+1/p-4. The third-order valence-corrected chi connectivity index (χ3v) is 5.70. The van der Waals surface area contributed by atoms with Gasteiger partial charge in [-0.2, -0.15) is 5.11 Å². The van der Waals surface area contributed by atoms with E-state index in [-0.39, 0.29) is 63.0 Å². The number of azo groups is 1. The summed E-state index contributed by atoms with van der Waals surface area (Å²) in [5.74, 6) is -1.99. The predicted molar refractivity (Wildman–Crippen MR) is 94.4 cm³/mol. The zero-order valence-electron chi connectivity index (χ0n) is 15.3. The number of nitrogens with zero attached hydrogens (tertiary/aromatic N) is 2. The molecule has 0 aliphatic heterocycles. The minimum Gasteiger partial charge on any atom is -0.871 e. The second-order valence-corrected chi connectivity index (χ2v) is 8.76. The van der Waals surface area contributed by atoms with Crippen LogP contribution in [0.15, 0.2) is 62.5 Å². The van der Waals surface area contributed by atoms with E-state index in [4.69, 9.17) is 11.6 Å². The zero-order valence-corrected chi connectivity index (χ0v) is 21.0. The Kier molecular flexibility index (Phi) is 9.09. The van der Waals surface area contributed by atoms with Crippen LogP contribution in [0.4, 0.5) is 11.4 Å². The predicted octanol–water partition coefficient (Wildman–Crippen LogP) is -1.13. The average Bonchev–Trinajstić information content (AvgIpc) is 2.61. The van der Waals surface area contributed by atoms with Crippen LogP contribution in [0, 0.1) is 0 Å². The molecule has 0 saturated heterocycles. The van der Waals surface area contributed by atoms with Crippen LogP contribution in [0.5, 0.6) is 11.5 Å². The molecule has 0 amide bonds. The topological polar surface area (TPSA) is 185 Å². The molecule has 0 aliphatic carbocycles. The van der Waals surface area contributed by atoms with Crippen molar-refractivity contribution in [2.24, 2.45) is 10.2 Å². The van der Waals surface area contributed by atoms with Gasteiger partial charge in [-0.05, 0) is 35.0 Å². The maximum absolute atomic E-state index is 12.8. The fourth-order valence-corrected chi connectivity index (χ4v) is 4.03. The van der Waals surface area contributed by atoms with Gasteiger partial charge in [-0.25, -0.2) is 16.8 Å². The molecule has 0 aromatic heterocycles. The third-order valence-electron chi connectivity index (χ3n) is 3.74. The van der Waals surface area contributed by atoms with Crippen molar-refractivity contribution in [1.82, 2.24) is 0 Å². The SMILES string of the molecule is O=S(=O)([O-])c1cc2cccc(S(=O)(=O)[O-])c2c([O-])c1N=Nc1cc(Cl)ccc1[O-].[Cr+3].[Na+]. The molecule has 0 heterocycles. The minimum absolute atomic E-state index is 0. The molecule has 0 saturated carbocycles. The molecule has 3 rings (SSSR count). The van der Waals surface area contributed by atoms with Crippen LogP contribution >= 0.6 is 11.6 Å². The molecule has 31 heavy (non-hydrogen) atoms. The molecule has 155 valence electrons. The van der Waals surface area contributed by atoms with Crippen LogP contribution in [-0.4, -0.2) is 25.9 Å². The summed E-state index contributed by atoms with van der Waals surface area (Å²) in [6.45, 7) is 0. The van der Waals surface area contributed by atoms with Crippen LogP contribution in [0.3, 0.4) is 0 Å². The van der Waals surface area contributed by atoms with Crippen LogP contribution in [-0.2, 0) is 37.6 Å². The van der Waals surface area contributed by atoms with Crippen molar-refractivity contribution in [2.75, 3.05) is 0 Å². The molecule has 3 aromatic carbocycles. The summed E-state index contributed by atoms with van der Waals surface area (Å²) in [6, 6.07) is 7.19. The molecular formula is C16H7ClCrN2NaO8S2. The normalized spacial score (nSPS) is 11.8. The Balaban J connectivity index is 0.00000240. The average molecular weight is 530 g/mol. The summed E-state index contributed by atoms with van der Waals surface area (Å²) in [5.41, 5.74) is -1.40. The van der Waals surface area contributed by atoms with Gasteiger partial charge in [0.25, 0.3) is 0 Å². The van der Waals surface area contributed by atoms with Crippen molar-refractivity contribution in [3.8, 4) is 11.5 Å². The molecule has 10 nitrogen and oxygen atoms in total. The molecule has 0 spiro atoms. The van der Waals surface area contributed by atoms with Crippen molar-refractivity contribution in [1.29, 1.82) is 0 Å². The summed E-state index contributed by atoms with van der Waals surface area (Å²) in [5, 5.41) is 30.6. The number of halogens is 1. The number of fused-ring (bicyclic) bond motifs is 1. The molecule has 0 unspecified atom stereocenters. The molecule has 15 heteroatoms. The number of hydrogen-bond donors (Lipinski definition) is 0. The fraction of sp³-hybridized carbons (Fsp3) is 0. The summed E-state index contributed by atoms with van der Waals surface area (Å²) >= 11 is 5.73. The van der Waals surface area contributed by atoms with E-state index in [9.17, 15) is 36.2 Å². The molecular weight excluding hydrogens is 523 g/mol. The van der Waals surface area contributed by atoms with Gasteiger partial charge in [0.05, 0.1) is 21.2 Å². The second kappa shape index (κ2) is 10.1. The number of rotatable bonds is 4. The number of hydrogen-bond acceptors (Lipinski definition) is 10. The van der Waals surface area contributed by atoms with Crippen LogP contribution in [0.1, 0.15) is 0 Å². The maximum Gasteiger partial charge on any atom is 3.00 e. The van der Waals surface area contributed by atoms with E-state index < -0.39 is 52.6 Å². The van der Waals surface area contributed by atoms with Gasteiger partial charge >= 0.3 is 46.9 Å². The Morgan fingerprint density at radius 3 is 2.03 bits per heavy atom. The molecule has 3 aromatic rings. The Bertz CT molecular complexity index is 1400. The van der Waals surface area contributed by atoms with Gasteiger partial charge in [-0.15, -0.1) is 5.11 Å². The van der Waals surface area contributed by atoms with Crippen molar-refractivity contribution < 1.29 is 83.1 Å². The van der Waals surface area contributed by atoms with E-state index in [1.54, 1.807) is 0 Å². The first-order valence-electron chi connectivity index (χ1n) is 7.46. The van der Waals surface area contributed by atoms with Gasteiger partial charge in [-0.3, -0.25) is 0 Å². The van der Waals surface area contributed by atoms with Crippen LogP contribution < -0.4 is 39.8 Å². The van der Waals surface area contributed by atoms with Crippen molar-refractivity contribution in [2.45, 2.75) is 9.79 Å². The van der Waals surface area contributed by atoms with Crippen molar-refractivity contribution in [3.63, 3.8) is 0 Å². The molecule has 0 bridgehead atoms. The van der Waals surface area contributed by atoms with Crippen molar-refractivity contribution in [3.05, 3.63) is 47.5 Å². The quantitative estimate of drug-likeness (QED) is 0.230. The summed E-state index contributed by atoms with van der Waals surface area (Å²) in [6.07, 6.45) is 0. The minimum atomic E-state index is -5.25. The van der Waals surface area contributed by atoms with E-state index in [1.807, 2.05) is 0 Å². The zero-order chi connectivity index (χ0) is 21.6.